The summed E-state index contributed by atoms with van der Waals surface area (Å²) in [6.07, 6.45) is 1.57. The van der Waals surface area contributed by atoms with Crippen molar-refractivity contribution in [3.8, 4) is 23.3 Å². The summed E-state index contributed by atoms with van der Waals surface area (Å²) in [6, 6.07) is 9.24. The highest BCUT2D eigenvalue weighted by molar-refractivity contribution is 5.91. The van der Waals surface area contributed by atoms with Crippen molar-refractivity contribution in [2.45, 2.75) is 19.8 Å². The van der Waals surface area contributed by atoms with Crippen molar-refractivity contribution in [1.82, 2.24) is 0 Å². The van der Waals surface area contributed by atoms with Crippen LogP contribution in [0.15, 0.2) is 48.5 Å². The maximum Gasteiger partial charge on any atom is 0.343 e. The Bertz CT molecular complexity index is 1200. The smallest absolute Gasteiger partial charge is 0.343 e. The maximum absolute atomic E-state index is 14.2. The molecule has 0 aliphatic heterocycles. The molecule has 3 aromatic carbocycles. The van der Waals surface area contributed by atoms with E-state index in [2.05, 4.69) is 11.8 Å². The lowest BCUT2D eigenvalue weighted by atomic mass is 10.1. The summed E-state index contributed by atoms with van der Waals surface area (Å²) in [5, 5.41) is 0. The average Bonchev–Trinajstić information content (AvgIpc) is 2.80. The van der Waals surface area contributed by atoms with E-state index in [4.69, 9.17) is 9.47 Å². The number of hydrogen-bond donors (Lipinski definition) is 0. The zero-order valence-corrected chi connectivity index (χ0v) is 17.4. The maximum atomic E-state index is 14.2. The number of unbranched alkanes of at least 4 members (excludes halogenated alkanes) is 1. The van der Waals surface area contributed by atoms with Crippen molar-refractivity contribution in [2.75, 3.05) is 6.61 Å². The van der Waals surface area contributed by atoms with E-state index in [9.17, 15) is 26.7 Å². The first-order valence-corrected chi connectivity index (χ1v) is 9.89. The van der Waals surface area contributed by atoms with Gasteiger partial charge in [0, 0.05) is 5.56 Å². The highest BCUT2D eigenvalue weighted by Gasteiger charge is 2.17. The summed E-state index contributed by atoms with van der Waals surface area (Å²) in [4.78, 5) is 12.0. The lowest BCUT2D eigenvalue weighted by molar-refractivity contribution is 0.0733. The normalized spacial score (nSPS) is 10.4. The van der Waals surface area contributed by atoms with Gasteiger partial charge in [-0.15, -0.1) is 0 Å². The van der Waals surface area contributed by atoms with E-state index in [1.54, 1.807) is 0 Å². The van der Waals surface area contributed by atoms with Crippen LogP contribution in [-0.4, -0.2) is 12.6 Å². The summed E-state index contributed by atoms with van der Waals surface area (Å²) in [6.45, 7) is 2.23. The molecule has 33 heavy (non-hydrogen) atoms. The zero-order valence-electron chi connectivity index (χ0n) is 17.4. The SMILES string of the molecule is CCCCOc1ccc(C#Cc2ccc(OC(=O)c3cc(F)c(F)c(F)c3)cc2)c(F)c1F. The largest absolute Gasteiger partial charge is 0.490 e. The number of ether oxygens (including phenoxy) is 2. The number of carbonyl (C=O) groups excluding carboxylic acids is 1. The van der Waals surface area contributed by atoms with Crippen molar-refractivity contribution < 1.29 is 36.2 Å². The van der Waals surface area contributed by atoms with Crippen LogP contribution in [0.3, 0.4) is 0 Å². The van der Waals surface area contributed by atoms with E-state index in [1.807, 2.05) is 6.92 Å². The molecule has 0 aliphatic rings. The van der Waals surface area contributed by atoms with Crippen molar-refractivity contribution in [1.29, 1.82) is 0 Å². The zero-order chi connectivity index (χ0) is 24.0. The monoisotopic (exact) mass is 460 g/mol. The van der Waals surface area contributed by atoms with E-state index in [0.29, 0.717) is 24.1 Å². The van der Waals surface area contributed by atoms with Gasteiger partial charge in [-0.1, -0.05) is 25.2 Å². The summed E-state index contributed by atoms with van der Waals surface area (Å²) >= 11 is 0. The van der Waals surface area contributed by atoms with E-state index < -0.39 is 40.6 Å². The summed E-state index contributed by atoms with van der Waals surface area (Å²) in [5.41, 5.74) is -0.266. The third kappa shape index (κ3) is 5.89. The van der Waals surface area contributed by atoms with Gasteiger partial charge in [-0.25, -0.2) is 22.4 Å². The Balaban J connectivity index is 1.69. The van der Waals surface area contributed by atoms with Crippen LogP contribution in [-0.2, 0) is 0 Å². The topological polar surface area (TPSA) is 35.5 Å². The second-order valence-corrected chi connectivity index (χ2v) is 6.86. The standard InChI is InChI=1S/C25H17F5O3/c1-2-3-12-32-21-11-8-16(22(28)24(21)30)7-4-15-5-9-18(10-6-15)33-25(31)17-13-19(26)23(29)20(27)14-17/h5-6,8-11,13-14H,2-3,12H2,1H3. The minimum absolute atomic E-state index is 0.0292. The molecule has 8 heteroatoms. The second kappa shape index (κ2) is 10.6. The highest BCUT2D eigenvalue weighted by atomic mass is 19.2. The van der Waals surface area contributed by atoms with Crippen LogP contribution in [0.1, 0.15) is 41.3 Å². The van der Waals surface area contributed by atoms with Crippen LogP contribution in [0.5, 0.6) is 11.5 Å². The second-order valence-electron chi connectivity index (χ2n) is 6.86. The first-order chi connectivity index (χ1) is 15.8. The fraction of sp³-hybridized carbons (Fsp3) is 0.160. The molecule has 0 aromatic heterocycles. The van der Waals surface area contributed by atoms with Crippen molar-refractivity contribution >= 4 is 5.97 Å². The van der Waals surface area contributed by atoms with Crippen molar-refractivity contribution in [3.05, 3.63) is 94.3 Å². The predicted octanol–water partition coefficient (Wildman–Crippen LogP) is 6.18. The van der Waals surface area contributed by atoms with E-state index in [0.717, 1.165) is 6.42 Å². The van der Waals surface area contributed by atoms with E-state index >= 15 is 0 Å². The molecule has 0 radical (unpaired) electrons. The number of benzene rings is 3. The van der Waals surface area contributed by atoms with Gasteiger partial charge >= 0.3 is 5.97 Å². The first kappa shape index (κ1) is 23.8. The molecule has 0 fully saturated rings. The minimum Gasteiger partial charge on any atom is -0.490 e. The molecule has 0 amide bonds. The molecular formula is C25H17F5O3. The Labute approximate surface area is 186 Å². The Morgan fingerprint density at radius 1 is 0.848 bits per heavy atom. The molecule has 3 rings (SSSR count). The van der Waals surface area contributed by atoms with Crippen LogP contribution < -0.4 is 9.47 Å². The molecule has 0 bridgehead atoms. The fourth-order valence-corrected chi connectivity index (χ4v) is 2.65. The molecular weight excluding hydrogens is 443 g/mol. The minimum atomic E-state index is -1.69. The predicted molar refractivity (Wildman–Crippen MR) is 110 cm³/mol. The van der Waals surface area contributed by atoms with Crippen LogP contribution in [0, 0.1) is 40.9 Å². The number of carbonyl (C=O) groups is 1. The molecule has 0 unspecified atom stereocenters. The van der Waals surface area contributed by atoms with Gasteiger partial charge in [0.05, 0.1) is 17.7 Å². The van der Waals surface area contributed by atoms with Crippen LogP contribution in [0.25, 0.3) is 0 Å². The number of rotatable bonds is 6. The van der Waals surface area contributed by atoms with Gasteiger partial charge in [0.2, 0.25) is 5.82 Å². The molecule has 0 N–H and O–H groups in total. The molecule has 3 nitrogen and oxygen atoms in total. The third-order valence-corrected chi connectivity index (χ3v) is 4.43. The third-order valence-electron chi connectivity index (χ3n) is 4.43. The van der Waals surface area contributed by atoms with Gasteiger partial charge in [0.15, 0.2) is 29.0 Å². The Kier molecular flexibility index (Phi) is 7.67. The lowest BCUT2D eigenvalue weighted by Crippen LogP contribution is -2.10. The van der Waals surface area contributed by atoms with Gasteiger partial charge < -0.3 is 9.47 Å². The quantitative estimate of drug-likeness (QED) is 0.110. The number of halogens is 5. The molecule has 0 aliphatic carbocycles. The number of hydrogen-bond acceptors (Lipinski definition) is 3. The van der Waals surface area contributed by atoms with Crippen molar-refractivity contribution in [3.63, 3.8) is 0 Å². The molecule has 0 atom stereocenters. The van der Waals surface area contributed by atoms with Gasteiger partial charge in [-0.3, -0.25) is 0 Å². The van der Waals surface area contributed by atoms with Gasteiger partial charge in [-0.05, 0) is 55.0 Å². The Morgan fingerprint density at radius 2 is 1.52 bits per heavy atom. The fourth-order valence-electron chi connectivity index (χ4n) is 2.65. The van der Waals surface area contributed by atoms with Gasteiger partial charge in [0.25, 0.3) is 0 Å². The molecule has 3 aromatic rings. The Morgan fingerprint density at radius 3 is 2.15 bits per heavy atom. The van der Waals surface area contributed by atoms with Crippen LogP contribution in [0.4, 0.5) is 22.0 Å². The Hall–Kier alpha value is -3.86. The molecule has 0 spiro atoms. The molecule has 170 valence electrons. The number of esters is 1. The van der Waals surface area contributed by atoms with E-state index in [1.165, 1.54) is 36.4 Å². The molecule has 0 heterocycles. The molecule has 0 saturated carbocycles. The summed E-state index contributed by atoms with van der Waals surface area (Å²) in [5.74, 6) is -3.03. The average molecular weight is 460 g/mol. The van der Waals surface area contributed by atoms with Gasteiger partial charge in [-0.2, -0.15) is 4.39 Å². The highest BCUT2D eigenvalue weighted by Crippen LogP contribution is 2.23. The lowest BCUT2D eigenvalue weighted by Gasteiger charge is -2.07. The van der Waals surface area contributed by atoms with Gasteiger partial charge in [0.1, 0.15) is 5.75 Å². The van der Waals surface area contributed by atoms with Crippen LogP contribution >= 0.6 is 0 Å². The van der Waals surface area contributed by atoms with Crippen molar-refractivity contribution in [2.24, 2.45) is 0 Å². The first-order valence-electron chi connectivity index (χ1n) is 9.89. The van der Waals surface area contributed by atoms with E-state index in [-0.39, 0.29) is 23.7 Å². The summed E-state index contributed by atoms with van der Waals surface area (Å²) in [7, 11) is 0. The molecule has 0 saturated heterocycles. The summed E-state index contributed by atoms with van der Waals surface area (Å²) < 4.78 is 78.1. The van der Waals surface area contributed by atoms with Crippen LogP contribution in [0.2, 0.25) is 0 Å².